The second-order valence-corrected chi connectivity index (χ2v) is 4.56. The number of aliphatic hydroxyl groups is 1. The molecule has 17 heavy (non-hydrogen) atoms. The van der Waals surface area contributed by atoms with Gasteiger partial charge in [0.15, 0.2) is 0 Å². The van der Waals surface area contributed by atoms with E-state index in [2.05, 4.69) is 0 Å². The van der Waals surface area contributed by atoms with Crippen LogP contribution >= 0.6 is 0 Å². The molecule has 0 bridgehead atoms. The molecule has 0 aliphatic carbocycles. The Morgan fingerprint density at radius 3 is 2.76 bits per heavy atom. The zero-order valence-electron chi connectivity index (χ0n) is 10.5. The number of imide groups is 1. The third-order valence-corrected chi connectivity index (χ3v) is 2.98. The number of likely N-dealkylation sites (tertiary alicyclic amines) is 1. The Morgan fingerprint density at radius 2 is 2.18 bits per heavy atom. The highest BCUT2D eigenvalue weighted by Crippen LogP contribution is 2.10. The Bertz CT molecular complexity index is 268. The van der Waals surface area contributed by atoms with E-state index in [-0.39, 0.29) is 18.4 Å². The van der Waals surface area contributed by atoms with Crippen LogP contribution in [0.2, 0.25) is 0 Å². The number of nitrogens with zero attached hydrogens (tertiary/aromatic N) is 2. The van der Waals surface area contributed by atoms with Crippen LogP contribution in [-0.2, 0) is 9.59 Å². The lowest BCUT2D eigenvalue weighted by molar-refractivity contribution is -0.142. The number of amides is 2. The lowest BCUT2D eigenvalue weighted by Crippen LogP contribution is -2.39. The summed E-state index contributed by atoms with van der Waals surface area (Å²) >= 11 is 0. The summed E-state index contributed by atoms with van der Waals surface area (Å²) in [5.74, 6) is -0.124. The van der Waals surface area contributed by atoms with Crippen molar-refractivity contribution in [3.63, 3.8) is 0 Å². The molecule has 0 aromatic heterocycles. The summed E-state index contributed by atoms with van der Waals surface area (Å²) in [7, 11) is 1.89. The van der Waals surface area contributed by atoms with Gasteiger partial charge in [-0.2, -0.15) is 0 Å². The van der Waals surface area contributed by atoms with E-state index in [1.165, 1.54) is 4.90 Å². The molecule has 98 valence electrons. The average molecular weight is 242 g/mol. The van der Waals surface area contributed by atoms with E-state index in [1.807, 2.05) is 11.9 Å². The Kier molecular flexibility index (Phi) is 6.15. The molecule has 1 aliphatic heterocycles. The predicted molar refractivity (Wildman–Crippen MR) is 64.4 cm³/mol. The summed E-state index contributed by atoms with van der Waals surface area (Å²) in [6, 6.07) is 0. The summed E-state index contributed by atoms with van der Waals surface area (Å²) < 4.78 is 0. The zero-order chi connectivity index (χ0) is 12.7. The van der Waals surface area contributed by atoms with Crippen LogP contribution in [0, 0.1) is 0 Å². The summed E-state index contributed by atoms with van der Waals surface area (Å²) in [5.41, 5.74) is 0. The maximum absolute atomic E-state index is 11.8. The molecule has 0 radical (unpaired) electrons. The standard InChI is InChI=1S/C12H22N2O3/c1-13(7-3-2-4-9-15)10-12(17)14-8-5-6-11(14)16/h15H,2-10H2,1H3. The van der Waals surface area contributed by atoms with Crippen LogP contribution in [0.5, 0.6) is 0 Å². The average Bonchev–Trinajstić information content (AvgIpc) is 2.71. The van der Waals surface area contributed by atoms with E-state index in [9.17, 15) is 9.59 Å². The van der Waals surface area contributed by atoms with E-state index in [1.54, 1.807) is 0 Å². The van der Waals surface area contributed by atoms with Gasteiger partial charge < -0.3 is 5.11 Å². The molecule has 5 nitrogen and oxygen atoms in total. The van der Waals surface area contributed by atoms with Crippen molar-refractivity contribution >= 4 is 11.8 Å². The van der Waals surface area contributed by atoms with Gasteiger partial charge in [0, 0.05) is 19.6 Å². The maximum Gasteiger partial charge on any atom is 0.243 e. The number of carbonyl (C=O) groups excluding carboxylic acids is 2. The second-order valence-electron chi connectivity index (χ2n) is 4.56. The van der Waals surface area contributed by atoms with Crippen LogP contribution in [0.15, 0.2) is 0 Å². The Hall–Kier alpha value is -0.940. The summed E-state index contributed by atoms with van der Waals surface area (Å²) in [6.07, 6.45) is 4.05. The topological polar surface area (TPSA) is 60.9 Å². The Balaban J connectivity index is 2.19. The van der Waals surface area contributed by atoms with Crippen LogP contribution in [0.25, 0.3) is 0 Å². The minimum Gasteiger partial charge on any atom is -0.396 e. The highest BCUT2D eigenvalue weighted by molar-refractivity contribution is 5.97. The molecule has 0 saturated carbocycles. The number of rotatable bonds is 7. The van der Waals surface area contributed by atoms with Gasteiger partial charge in [0.1, 0.15) is 0 Å². The largest absolute Gasteiger partial charge is 0.396 e. The van der Waals surface area contributed by atoms with Gasteiger partial charge in [-0.25, -0.2) is 0 Å². The number of hydrogen-bond donors (Lipinski definition) is 1. The molecule has 2 amide bonds. The van der Waals surface area contributed by atoms with Crippen LogP contribution in [0.3, 0.4) is 0 Å². The van der Waals surface area contributed by atoms with Crippen molar-refractivity contribution < 1.29 is 14.7 Å². The number of unbranched alkanes of at least 4 members (excludes halogenated alkanes) is 2. The predicted octanol–water partition coefficient (Wildman–Crippen LogP) is 0.230. The van der Waals surface area contributed by atoms with Crippen molar-refractivity contribution in [2.75, 3.05) is 33.3 Å². The first-order valence-corrected chi connectivity index (χ1v) is 6.27. The van der Waals surface area contributed by atoms with Gasteiger partial charge in [-0.15, -0.1) is 0 Å². The number of carbonyl (C=O) groups is 2. The van der Waals surface area contributed by atoms with Crippen LogP contribution < -0.4 is 0 Å². The van der Waals surface area contributed by atoms with Gasteiger partial charge >= 0.3 is 0 Å². The molecule has 5 heteroatoms. The molecule has 0 spiro atoms. The van der Waals surface area contributed by atoms with Crippen LogP contribution in [0.4, 0.5) is 0 Å². The van der Waals surface area contributed by atoms with E-state index in [0.717, 1.165) is 32.2 Å². The smallest absolute Gasteiger partial charge is 0.243 e. The van der Waals surface area contributed by atoms with Crippen molar-refractivity contribution in [3.05, 3.63) is 0 Å². The van der Waals surface area contributed by atoms with Crippen molar-refractivity contribution in [1.29, 1.82) is 0 Å². The fourth-order valence-electron chi connectivity index (χ4n) is 1.98. The number of hydrogen-bond acceptors (Lipinski definition) is 4. The quantitative estimate of drug-likeness (QED) is 0.649. The normalized spacial score (nSPS) is 15.9. The molecular weight excluding hydrogens is 220 g/mol. The molecule has 1 N–H and O–H groups in total. The van der Waals surface area contributed by atoms with Crippen molar-refractivity contribution in [3.8, 4) is 0 Å². The van der Waals surface area contributed by atoms with E-state index in [4.69, 9.17) is 5.11 Å². The first-order valence-electron chi connectivity index (χ1n) is 6.27. The number of aliphatic hydroxyl groups excluding tert-OH is 1. The lowest BCUT2D eigenvalue weighted by Gasteiger charge is -2.19. The van der Waals surface area contributed by atoms with Crippen LogP contribution in [-0.4, -0.2) is 60.0 Å². The first kappa shape index (κ1) is 14.1. The maximum atomic E-state index is 11.8. The van der Waals surface area contributed by atoms with Gasteiger partial charge in [-0.05, 0) is 39.3 Å². The first-order chi connectivity index (χ1) is 8.15. The summed E-state index contributed by atoms with van der Waals surface area (Å²) in [5, 5.41) is 8.64. The molecule has 0 unspecified atom stereocenters. The van der Waals surface area contributed by atoms with Gasteiger partial charge in [0.05, 0.1) is 6.54 Å². The fourth-order valence-corrected chi connectivity index (χ4v) is 1.98. The van der Waals surface area contributed by atoms with Gasteiger partial charge in [0.2, 0.25) is 11.8 Å². The molecule has 0 atom stereocenters. The van der Waals surface area contributed by atoms with Crippen molar-refractivity contribution in [2.24, 2.45) is 0 Å². The molecule has 1 aliphatic rings. The van der Waals surface area contributed by atoms with Gasteiger partial charge in [-0.3, -0.25) is 19.4 Å². The highest BCUT2D eigenvalue weighted by Gasteiger charge is 2.26. The molecular formula is C12H22N2O3. The third-order valence-electron chi connectivity index (χ3n) is 2.98. The minimum atomic E-state index is -0.0860. The molecule has 1 saturated heterocycles. The van der Waals surface area contributed by atoms with Gasteiger partial charge in [-0.1, -0.05) is 0 Å². The lowest BCUT2D eigenvalue weighted by atomic mass is 10.2. The molecule has 1 fully saturated rings. The second kappa shape index (κ2) is 7.40. The molecule has 1 rings (SSSR count). The Morgan fingerprint density at radius 1 is 1.41 bits per heavy atom. The van der Waals surface area contributed by atoms with Crippen molar-refractivity contribution in [2.45, 2.75) is 32.1 Å². The molecule has 0 aromatic rings. The van der Waals surface area contributed by atoms with Gasteiger partial charge in [0.25, 0.3) is 0 Å². The van der Waals surface area contributed by atoms with E-state index < -0.39 is 0 Å². The zero-order valence-corrected chi connectivity index (χ0v) is 10.5. The third kappa shape index (κ3) is 4.83. The van der Waals surface area contributed by atoms with Crippen LogP contribution in [0.1, 0.15) is 32.1 Å². The van der Waals surface area contributed by atoms with Crippen molar-refractivity contribution in [1.82, 2.24) is 9.80 Å². The SMILES string of the molecule is CN(CCCCCO)CC(=O)N1CCCC1=O. The number of likely N-dealkylation sites (N-methyl/N-ethyl adjacent to an activating group) is 1. The highest BCUT2D eigenvalue weighted by atomic mass is 16.3. The van der Waals surface area contributed by atoms with E-state index >= 15 is 0 Å². The molecule has 1 heterocycles. The molecule has 0 aromatic carbocycles. The fraction of sp³-hybridized carbons (Fsp3) is 0.833. The minimum absolute atomic E-state index is 0.0383. The monoisotopic (exact) mass is 242 g/mol. The summed E-state index contributed by atoms with van der Waals surface area (Å²) in [6.45, 7) is 1.94. The van der Waals surface area contributed by atoms with E-state index in [0.29, 0.717) is 19.5 Å². The summed E-state index contributed by atoms with van der Waals surface area (Å²) in [4.78, 5) is 26.4. The Labute approximate surface area is 102 Å².